The van der Waals surface area contributed by atoms with Gasteiger partial charge in [-0.05, 0) is 45.5 Å². The van der Waals surface area contributed by atoms with Crippen LogP contribution < -0.4 is 5.32 Å². The number of carbonyl (C=O) groups is 1. The Morgan fingerprint density at radius 3 is 2.73 bits per heavy atom. The molecule has 0 aliphatic rings. The van der Waals surface area contributed by atoms with E-state index in [2.05, 4.69) is 20.8 Å². The van der Waals surface area contributed by atoms with Gasteiger partial charge in [0, 0.05) is 5.56 Å². The lowest BCUT2D eigenvalue weighted by Gasteiger charge is -2.08. The lowest BCUT2D eigenvalue weighted by molar-refractivity contribution is 0.0951. The van der Waals surface area contributed by atoms with Crippen molar-refractivity contribution in [1.82, 2.24) is 25.5 Å². The number of tetrazole rings is 1. The Hall–Kier alpha value is -3.61. The zero-order valence-corrected chi connectivity index (χ0v) is 13.6. The quantitative estimate of drug-likeness (QED) is 0.616. The molecule has 1 amide bonds. The van der Waals surface area contributed by atoms with E-state index < -0.39 is 0 Å². The minimum atomic E-state index is -0.385. The van der Waals surface area contributed by atoms with Crippen molar-refractivity contribution in [3.8, 4) is 5.69 Å². The van der Waals surface area contributed by atoms with E-state index in [1.54, 1.807) is 18.2 Å². The molecule has 0 unspecified atom stereocenters. The van der Waals surface area contributed by atoms with Gasteiger partial charge in [-0.25, -0.2) is 4.39 Å². The van der Waals surface area contributed by atoms with Gasteiger partial charge in [0.15, 0.2) is 5.82 Å². The van der Waals surface area contributed by atoms with Gasteiger partial charge in [-0.2, -0.15) is 4.68 Å². The van der Waals surface area contributed by atoms with Crippen LogP contribution in [0.1, 0.15) is 16.2 Å². The van der Waals surface area contributed by atoms with Gasteiger partial charge in [0.1, 0.15) is 5.82 Å². The van der Waals surface area contributed by atoms with Crippen LogP contribution in [0.15, 0.2) is 66.7 Å². The number of aromatic nitrogens is 4. The number of nitrogens with one attached hydrogen (secondary N) is 1. The summed E-state index contributed by atoms with van der Waals surface area (Å²) in [5.41, 5.74) is 1.07. The molecule has 6 nitrogen and oxygen atoms in total. The first-order valence-electron chi connectivity index (χ1n) is 8.01. The Morgan fingerprint density at radius 2 is 1.85 bits per heavy atom. The Morgan fingerprint density at radius 1 is 1.04 bits per heavy atom. The molecule has 4 rings (SSSR count). The Labute approximate surface area is 148 Å². The van der Waals surface area contributed by atoms with Crippen LogP contribution in [0.5, 0.6) is 0 Å². The largest absolute Gasteiger partial charge is 0.345 e. The first-order chi connectivity index (χ1) is 12.7. The van der Waals surface area contributed by atoms with Crippen LogP contribution in [0.3, 0.4) is 0 Å². The van der Waals surface area contributed by atoms with Crippen LogP contribution >= 0.6 is 0 Å². The van der Waals surface area contributed by atoms with Crippen molar-refractivity contribution >= 4 is 16.7 Å². The van der Waals surface area contributed by atoms with Crippen LogP contribution in [0.2, 0.25) is 0 Å². The van der Waals surface area contributed by atoms with Gasteiger partial charge < -0.3 is 5.32 Å². The third-order valence-electron chi connectivity index (χ3n) is 4.03. The highest BCUT2D eigenvalue weighted by Crippen LogP contribution is 2.18. The predicted molar refractivity (Wildman–Crippen MR) is 94.2 cm³/mol. The van der Waals surface area contributed by atoms with Gasteiger partial charge in [-0.15, -0.1) is 5.10 Å². The summed E-state index contributed by atoms with van der Waals surface area (Å²) in [6.45, 7) is 0.117. The van der Waals surface area contributed by atoms with Crippen LogP contribution in [0, 0.1) is 5.82 Å². The molecule has 26 heavy (non-hydrogen) atoms. The number of carbonyl (C=O) groups excluding carboxylic acids is 1. The molecule has 0 aliphatic carbocycles. The first kappa shape index (κ1) is 15.9. The smallest absolute Gasteiger partial charge is 0.252 e. The van der Waals surface area contributed by atoms with Gasteiger partial charge in [0.25, 0.3) is 5.91 Å². The van der Waals surface area contributed by atoms with Crippen LogP contribution in [-0.2, 0) is 6.54 Å². The molecule has 0 spiro atoms. The highest BCUT2D eigenvalue weighted by molar-refractivity contribution is 6.06. The van der Waals surface area contributed by atoms with E-state index in [1.165, 1.54) is 16.8 Å². The average Bonchev–Trinajstić information content (AvgIpc) is 3.14. The third-order valence-corrected chi connectivity index (χ3v) is 4.03. The lowest BCUT2D eigenvalue weighted by Crippen LogP contribution is -2.25. The fourth-order valence-corrected chi connectivity index (χ4v) is 2.80. The molecule has 0 radical (unpaired) electrons. The minimum absolute atomic E-state index is 0.117. The third kappa shape index (κ3) is 3.02. The van der Waals surface area contributed by atoms with E-state index in [4.69, 9.17) is 0 Å². The second-order valence-electron chi connectivity index (χ2n) is 5.70. The predicted octanol–water partition coefficient (Wildman–Crippen LogP) is 2.88. The summed E-state index contributed by atoms with van der Waals surface area (Å²) in [7, 11) is 0. The van der Waals surface area contributed by atoms with Gasteiger partial charge in [-0.1, -0.05) is 42.5 Å². The first-order valence-corrected chi connectivity index (χ1v) is 8.01. The van der Waals surface area contributed by atoms with Gasteiger partial charge in [0.2, 0.25) is 0 Å². The number of hydrogen-bond donors (Lipinski definition) is 1. The van der Waals surface area contributed by atoms with Crippen LogP contribution in [0.25, 0.3) is 16.5 Å². The Balaban J connectivity index is 1.57. The lowest BCUT2D eigenvalue weighted by atomic mass is 10.0. The zero-order chi connectivity index (χ0) is 17.9. The molecule has 0 bridgehead atoms. The maximum atomic E-state index is 13.4. The topological polar surface area (TPSA) is 72.7 Å². The van der Waals surface area contributed by atoms with Crippen molar-refractivity contribution in [1.29, 1.82) is 0 Å². The van der Waals surface area contributed by atoms with Crippen LogP contribution in [-0.4, -0.2) is 26.1 Å². The average molecular weight is 347 g/mol. The maximum Gasteiger partial charge on any atom is 0.252 e. The molecule has 7 heteroatoms. The number of rotatable bonds is 4. The van der Waals surface area contributed by atoms with Crippen molar-refractivity contribution in [2.45, 2.75) is 6.54 Å². The molecule has 4 aromatic rings. The summed E-state index contributed by atoms with van der Waals surface area (Å²) in [5, 5.41) is 16.1. The van der Waals surface area contributed by atoms with Crippen LogP contribution in [0.4, 0.5) is 4.39 Å². The molecular weight excluding hydrogens is 333 g/mol. The van der Waals surface area contributed by atoms with E-state index in [0.717, 1.165) is 10.8 Å². The number of fused-ring (bicyclic) bond motifs is 1. The number of halogens is 1. The molecule has 128 valence electrons. The summed E-state index contributed by atoms with van der Waals surface area (Å²) in [6, 6.07) is 19.2. The van der Waals surface area contributed by atoms with E-state index in [0.29, 0.717) is 17.1 Å². The molecule has 1 N–H and O–H groups in total. The fraction of sp³-hybridized carbons (Fsp3) is 0.0526. The summed E-state index contributed by atoms with van der Waals surface area (Å²) in [5.74, 6) is -0.205. The molecule has 0 fully saturated rings. The van der Waals surface area contributed by atoms with Gasteiger partial charge >= 0.3 is 0 Å². The van der Waals surface area contributed by atoms with Crippen molar-refractivity contribution < 1.29 is 9.18 Å². The van der Waals surface area contributed by atoms with Crippen molar-refractivity contribution in [3.63, 3.8) is 0 Å². The highest BCUT2D eigenvalue weighted by atomic mass is 19.1. The summed E-state index contributed by atoms with van der Waals surface area (Å²) < 4.78 is 14.8. The molecule has 0 saturated heterocycles. The standard InChI is InChI=1S/C19H14FN5O/c20-14-7-4-8-15(11-14)25-18(22-23-24-25)12-21-19(26)17-10-3-6-13-5-1-2-9-16(13)17/h1-11H,12H2,(H,21,26). The summed E-state index contributed by atoms with van der Waals surface area (Å²) in [6.07, 6.45) is 0. The molecule has 0 aliphatic heterocycles. The number of hydrogen-bond acceptors (Lipinski definition) is 4. The second kappa shape index (κ2) is 6.72. The second-order valence-corrected chi connectivity index (χ2v) is 5.70. The molecule has 1 heterocycles. The van der Waals surface area contributed by atoms with Gasteiger partial charge in [0.05, 0.1) is 12.2 Å². The van der Waals surface area contributed by atoms with Crippen molar-refractivity contribution in [3.05, 3.63) is 83.9 Å². The zero-order valence-electron chi connectivity index (χ0n) is 13.6. The molecule has 3 aromatic carbocycles. The Bertz CT molecular complexity index is 1090. The normalized spacial score (nSPS) is 10.8. The summed E-state index contributed by atoms with van der Waals surface area (Å²) in [4.78, 5) is 12.6. The molecular formula is C19H14FN5O. The molecule has 0 saturated carbocycles. The minimum Gasteiger partial charge on any atom is -0.345 e. The van der Waals surface area contributed by atoms with Crippen molar-refractivity contribution in [2.75, 3.05) is 0 Å². The summed E-state index contributed by atoms with van der Waals surface area (Å²) >= 11 is 0. The van der Waals surface area contributed by atoms with E-state index >= 15 is 0 Å². The molecule has 0 atom stereocenters. The monoisotopic (exact) mass is 347 g/mol. The maximum absolute atomic E-state index is 13.4. The van der Waals surface area contributed by atoms with E-state index in [1.807, 2.05) is 36.4 Å². The highest BCUT2D eigenvalue weighted by Gasteiger charge is 2.13. The SMILES string of the molecule is O=C(NCc1nnnn1-c1cccc(F)c1)c1cccc2ccccc12. The number of amides is 1. The number of nitrogens with zero attached hydrogens (tertiary/aromatic N) is 4. The van der Waals surface area contributed by atoms with Gasteiger partial charge in [-0.3, -0.25) is 4.79 Å². The molecule has 1 aromatic heterocycles. The van der Waals surface area contributed by atoms with E-state index in [-0.39, 0.29) is 18.3 Å². The Kier molecular flexibility index (Phi) is 4.10. The van der Waals surface area contributed by atoms with E-state index in [9.17, 15) is 9.18 Å². The fourth-order valence-electron chi connectivity index (χ4n) is 2.80. The van der Waals surface area contributed by atoms with Crippen molar-refractivity contribution in [2.24, 2.45) is 0 Å². The number of benzene rings is 3.